The van der Waals surface area contributed by atoms with E-state index in [-0.39, 0.29) is 0 Å². The topological polar surface area (TPSA) is 25.8 Å². The van der Waals surface area contributed by atoms with Gasteiger partial charge in [0.1, 0.15) is 0 Å². The van der Waals surface area contributed by atoms with Gasteiger partial charge in [-0.2, -0.15) is 0 Å². The van der Waals surface area contributed by atoms with E-state index in [2.05, 4.69) is 218 Å². The molecule has 0 amide bonds. The molecule has 0 radical (unpaired) electrons. The Balaban J connectivity index is 0.965. The van der Waals surface area contributed by atoms with Crippen LogP contribution >= 0.6 is 0 Å². The lowest BCUT2D eigenvalue weighted by atomic mass is 9.92. The molecule has 11 rings (SSSR count). The smallest absolute Gasteiger partial charge is 0.0788 e. The third-order valence-corrected chi connectivity index (χ3v) is 11.4. The fourth-order valence-corrected chi connectivity index (χ4v) is 8.43. The van der Waals surface area contributed by atoms with Crippen molar-refractivity contribution in [3.05, 3.63) is 218 Å². The van der Waals surface area contributed by atoms with Gasteiger partial charge >= 0.3 is 0 Å². The van der Waals surface area contributed by atoms with Crippen LogP contribution in [-0.4, -0.2) is 9.97 Å². The highest BCUT2D eigenvalue weighted by atomic mass is 14.7. The maximum absolute atomic E-state index is 5.32. The van der Waals surface area contributed by atoms with Crippen LogP contribution in [0.1, 0.15) is 0 Å². The maximum Gasteiger partial charge on any atom is 0.0788 e. The highest BCUT2D eigenvalue weighted by molar-refractivity contribution is 6.08. The van der Waals surface area contributed by atoms with Gasteiger partial charge in [0.2, 0.25) is 0 Å². The Labute approximate surface area is 337 Å². The number of rotatable bonds is 6. The first kappa shape index (κ1) is 33.6. The molecule has 0 aliphatic heterocycles. The molecule has 0 unspecified atom stereocenters. The lowest BCUT2D eigenvalue weighted by Crippen LogP contribution is -1.91. The van der Waals surface area contributed by atoms with Crippen LogP contribution in [-0.2, 0) is 0 Å². The quantitative estimate of drug-likeness (QED) is 0.159. The number of benzene rings is 9. The largest absolute Gasteiger partial charge is 0.247 e. The van der Waals surface area contributed by atoms with Gasteiger partial charge in [0.15, 0.2) is 0 Å². The Morgan fingerprint density at radius 3 is 1.05 bits per heavy atom. The molecule has 2 aromatic heterocycles. The summed E-state index contributed by atoms with van der Waals surface area (Å²) in [7, 11) is 0. The van der Waals surface area contributed by atoms with Gasteiger partial charge < -0.3 is 0 Å². The van der Waals surface area contributed by atoms with Crippen LogP contribution in [0.3, 0.4) is 0 Å². The van der Waals surface area contributed by atoms with E-state index in [0.29, 0.717) is 0 Å². The Kier molecular flexibility index (Phi) is 8.19. The van der Waals surface area contributed by atoms with Crippen LogP contribution < -0.4 is 0 Å². The Bertz CT molecular complexity index is 3110. The highest BCUT2D eigenvalue weighted by Gasteiger charge is 2.13. The van der Waals surface area contributed by atoms with E-state index >= 15 is 0 Å². The number of hydrogen-bond donors (Lipinski definition) is 0. The minimum absolute atomic E-state index is 0.956. The summed E-state index contributed by atoms with van der Waals surface area (Å²) in [6.07, 6.45) is 0. The number of pyridine rings is 2. The van der Waals surface area contributed by atoms with Crippen LogP contribution in [0.15, 0.2) is 218 Å². The summed E-state index contributed by atoms with van der Waals surface area (Å²) < 4.78 is 0. The molecule has 270 valence electrons. The molecule has 0 N–H and O–H groups in total. The van der Waals surface area contributed by atoms with Gasteiger partial charge in [-0.25, -0.2) is 9.97 Å². The minimum Gasteiger partial charge on any atom is -0.247 e. The molecule has 11 aromatic rings. The van der Waals surface area contributed by atoms with Crippen molar-refractivity contribution in [3.8, 4) is 67.0 Å². The monoisotopic (exact) mass is 736 g/mol. The first-order chi connectivity index (χ1) is 28.7. The summed E-state index contributed by atoms with van der Waals surface area (Å²) in [5, 5.41) is 6.96. The van der Waals surface area contributed by atoms with Gasteiger partial charge in [-0.3, -0.25) is 0 Å². The second-order valence-electron chi connectivity index (χ2n) is 15.0. The molecular weight excluding hydrogens is 701 g/mol. The second kappa shape index (κ2) is 14.1. The molecule has 0 bridgehead atoms. The van der Waals surface area contributed by atoms with Gasteiger partial charge in [-0.1, -0.05) is 182 Å². The van der Waals surface area contributed by atoms with Crippen molar-refractivity contribution in [3.63, 3.8) is 0 Å². The molecule has 0 saturated heterocycles. The molecule has 2 nitrogen and oxygen atoms in total. The Hall–Kier alpha value is -7.68. The van der Waals surface area contributed by atoms with Gasteiger partial charge in [0, 0.05) is 32.7 Å². The summed E-state index contributed by atoms with van der Waals surface area (Å²) in [6, 6.07) is 78.2. The first-order valence-corrected chi connectivity index (χ1v) is 19.8. The number of aromatic nitrogens is 2. The average Bonchev–Trinajstić information content (AvgIpc) is 3.31. The van der Waals surface area contributed by atoms with Gasteiger partial charge in [0.25, 0.3) is 0 Å². The number of fused-ring (bicyclic) bond motifs is 6. The van der Waals surface area contributed by atoms with Crippen molar-refractivity contribution in [2.45, 2.75) is 0 Å². The van der Waals surface area contributed by atoms with E-state index in [0.717, 1.165) is 66.2 Å². The molecular formula is C56H36N2. The SMILES string of the molecule is c1ccc(-c2ccc3ccc4ccc(-c5cccc(-c6ccccc6-c6cccc(-c7ccc8ccc9ccc(-c%10ccccc%10)cc9c8n7)c6)c5)nc4c3c2)cc1. The predicted molar refractivity (Wildman–Crippen MR) is 245 cm³/mol. The van der Waals surface area contributed by atoms with Crippen LogP contribution in [0.4, 0.5) is 0 Å². The fourth-order valence-electron chi connectivity index (χ4n) is 8.43. The third-order valence-electron chi connectivity index (χ3n) is 11.4. The van der Waals surface area contributed by atoms with Crippen LogP contribution in [0.5, 0.6) is 0 Å². The molecule has 0 spiro atoms. The zero-order valence-corrected chi connectivity index (χ0v) is 31.7. The molecule has 0 aliphatic rings. The summed E-state index contributed by atoms with van der Waals surface area (Å²) in [5.41, 5.74) is 15.5. The van der Waals surface area contributed by atoms with Gasteiger partial charge in [0.05, 0.1) is 22.4 Å². The normalized spacial score (nSPS) is 11.4. The van der Waals surface area contributed by atoms with Crippen molar-refractivity contribution >= 4 is 43.4 Å². The highest BCUT2D eigenvalue weighted by Crippen LogP contribution is 2.38. The maximum atomic E-state index is 5.32. The van der Waals surface area contributed by atoms with Gasteiger partial charge in [-0.05, 0) is 91.7 Å². The van der Waals surface area contributed by atoms with E-state index < -0.39 is 0 Å². The zero-order valence-electron chi connectivity index (χ0n) is 31.7. The lowest BCUT2D eigenvalue weighted by molar-refractivity contribution is 1.41. The minimum atomic E-state index is 0.956. The first-order valence-electron chi connectivity index (χ1n) is 19.8. The van der Waals surface area contributed by atoms with Crippen molar-refractivity contribution in [1.82, 2.24) is 9.97 Å². The van der Waals surface area contributed by atoms with Crippen LogP contribution in [0.2, 0.25) is 0 Å². The molecule has 0 atom stereocenters. The fraction of sp³-hybridized carbons (Fsp3) is 0. The van der Waals surface area contributed by atoms with Crippen molar-refractivity contribution in [2.75, 3.05) is 0 Å². The van der Waals surface area contributed by atoms with Crippen molar-refractivity contribution in [1.29, 1.82) is 0 Å². The van der Waals surface area contributed by atoms with Crippen LogP contribution in [0.25, 0.3) is 110 Å². The Morgan fingerprint density at radius 1 is 0.224 bits per heavy atom. The summed E-state index contributed by atoms with van der Waals surface area (Å²) >= 11 is 0. The van der Waals surface area contributed by atoms with Crippen molar-refractivity contribution in [2.24, 2.45) is 0 Å². The van der Waals surface area contributed by atoms with Gasteiger partial charge in [-0.15, -0.1) is 0 Å². The molecule has 0 fully saturated rings. The molecule has 9 aromatic carbocycles. The van der Waals surface area contributed by atoms with Crippen molar-refractivity contribution < 1.29 is 0 Å². The van der Waals surface area contributed by atoms with Crippen LogP contribution in [0, 0.1) is 0 Å². The van der Waals surface area contributed by atoms with E-state index in [1.807, 2.05) is 0 Å². The summed E-state index contributed by atoms with van der Waals surface area (Å²) in [4.78, 5) is 10.6. The number of nitrogens with zero attached hydrogens (tertiary/aromatic N) is 2. The zero-order chi connectivity index (χ0) is 38.4. The molecule has 0 saturated carbocycles. The van der Waals surface area contributed by atoms with E-state index in [1.165, 1.54) is 44.2 Å². The average molecular weight is 737 g/mol. The van der Waals surface area contributed by atoms with E-state index in [1.54, 1.807) is 0 Å². The Morgan fingerprint density at radius 2 is 0.586 bits per heavy atom. The van der Waals surface area contributed by atoms with E-state index in [4.69, 9.17) is 9.97 Å². The summed E-state index contributed by atoms with van der Waals surface area (Å²) in [6.45, 7) is 0. The predicted octanol–water partition coefficient (Wildman–Crippen LogP) is 15.1. The standard InChI is InChI=1S/C56H36N2/c1-3-11-37(12-4-1)43-27-23-39-21-25-41-29-31-53(57-55(41)51(39)35-43)47-17-9-15-45(33-47)49-19-7-8-20-50(49)46-16-10-18-48(34-46)54-32-30-42-26-22-40-24-28-44(36-52(40)56(42)58-54)38-13-5-2-6-14-38/h1-36H. The second-order valence-corrected chi connectivity index (χ2v) is 15.0. The number of hydrogen-bond acceptors (Lipinski definition) is 2. The lowest BCUT2D eigenvalue weighted by Gasteiger charge is -2.13. The molecule has 58 heavy (non-hydrogen) atoms. The van der Waals surface area contributed by atoms with E-state index in [9.17, 15) is 0 Å². The summed E-state index contributed by atoms with van der Waals surface area (Å²) in [5.74, 6) is 0. The third kappa shape index (κ3) is 6.09. The molecule has 0 aliphatic carbocycles. The molecule has 2 heteroatoms. The molecule has 2 heterocycles.